The predicted molar refractivity (Wildman–Crippen MR) is 115 cm³/mol. The highest BCUT2D eigenvalue weighted by molar-refractivity contribution is 7.99. The largest absolute Gasteiger partial charge is 0.341 e. The monoisotopic (exact) mass is 400 g/mol. The molecule has 0 unspecified atom stereocenters. The van der Waals surface area contributed by atoms with E-state index in [0.29, 0.717) is 17.6 Å². The highest BCUT2D eigenvalue weighted by atomic mass is 32.2. The molecule has 1 fully saturated rings. The summed E-state index contributed by atoms with van der Waals surface area (Å²) in [5.41, 5.74) is 2.46. The van der Waals surface area contributed by atoms with E-state index in [0.717, 1.165) is 29.6 Å². The second-order valence-corrected chi connectivity index (χ2v) is 10.2. The van der Waals surface area contributed by atoms with E-state index in [4.69, 9.17) is 0 Å². The molecule has 0 bridgehead atoms. The van der Waals surface area contributed by atoms with Gasteiger partial charge in [0.2, 0.25) is 5.91 Å². The van der Waals surface area contributed by atoms with Crippen LogP contribution in [0.4, 0.5) is 0 Å². The normalized spacial score (nSPS) is 20.4. The number of rotatable bonds is 4. The molecule has 0 radical (unpaired) electrons. The fraction of sp³-hybridized carbons (Fsp3) is 0.591. The number of thioether (sulfide) groups is 1. The van der Waals surface area contributed by atoms with Gasteiger partial charge in [-0.3, -0.25) is 4.79 Å². The smallest absolute Gasteiger partial charge is 0.233 e. The number of likely N-dealkylation sites (tertiary alicyclic amines) is 1. The predicted octanol–water partition coefficient (Wildman–Crippen LogP) is 4.38. The Kier molecular flexibility index (Phi) is 6.18. The van der Waals surface area contributed by atoms with Crippen molar-refractivity contribution in [3.63, 3.8) is 0 Å². The zero-order valence-corrected chi connectivity index (χ0v) is 18.7. The summed E-state index contributed by atoms with van der Waals surface area (Å²) in [4.78, 5) is 14.6. The molecule has 1 aromatic carbocycles. The Morgan fingerprint density at radius 3 is 2.29 bits per heavy atom. The quantitative estimate of drug-likeness (QED) is 0.715. The molecule has 1 aliphatic rings. The zero-order valence-electron chi connectivity index (χ0n) is 17.9. The van der Waals surface area contributed by atoms with Gasteiger partial charge < -0.3 is 9.47 Å². The van der Waals surface area contributed by atoms with Gasteiger partial charge in [-0.2, -0.15) is 0 Å². The Labute approximate surface area is 172 Å². The van der Waals surface area contributed by atoms with Gasteiger partial charge in [0.1, 0.15) is 0 Å². The summed E-state index contributed by atoms with van der Waals surface area (Å²) in [5.74, 6) is 2.59. The van der Waals surface area contributed by atoms with E-state index in [2.05, 4.69) is 69.1 Å². The first-order valence-electron chi connectivity index (χ1n) is 10.1. The fourth-order valence-electron chi connectivity index (χ4n) is 3.90. The van der Waals surface area contributed by atoms with Crippen LogP contribution in [0.15, 0.2) is 29.4 Å². The maximum atomic E-state index is 12.6. The number of benzene rings is 1. The topological polar surface area (TPSA) is 51.0 Å². The molecule has 0 N–H and O–H groups in total. The van der Waals surface area contributed by atoms with Crippen molar-refractivity contribution in [3.05, 3.63) is 29.8 Å². The van der Waals surface area contributed by atoms with Crippen molar-refractivity contribution in [1.29, 1.82) is 0 Å². The first kappa shape index (κ1) is 20.9. The van der Waals surface area contributed by atoms with Gasteiger partial charge in [0, 0.05) is 25.7 Å². The Balaban J connectivity index is 1.65. The zero-order chi connectivity index (χ0) is 20.5. The van der Waals surface area contributed by atoms with Gasteiger partial charge in [-0.15, -0.1) is 10.2 Å². The molecular weight excluding hydrogens is 368 g/mol. The molecule has 0 aliphatic carbocycles. The number of piperidine rings is 1. The van der Waals surface area contributed by atoms with Crippen LogP contribution in [0, 0.1) is 11.8 Å². The highest BCUT2D eigenvalue weighted by Crippen LogP contribution is 2.27. The van der Waals surface area contributed by atoms with E-state index < -0.39 is 0 Å². The van der Waals surface area contributed by atoms with Crippen molar-refractivity contribution in [3.8, 4) is 11.4 Å². The molecule has 6 heteroatoms. The maximum Gasteiger partial charge on any atom is 0.233 e. The Hall–Kier alpha value is -1.82. The minimum absolute atomic E-state index is 0.128. The first-order valence-corrected chi connectivity index (χ1v) is 11.0. The third kappa shape index (κ3) is 4.77. The molecule has 152 valence electrons. The third-order valence-electron chi connectivity index (χ3n) is 5.39. The van der Waals surface area contributed by atoms with Crippen molar-refractivity contribution in [2.45, 2.75) is 51.6 Å². The molecule has 1 aromatic heterocycles. The number of carbonyl (C=O) groups excluding carboxylic acids is 1. The fourth-order valence-corrected chi connectivity index (χ4v) is 4.71. The van der Waals surface area contributed by atoms with E-state index in [9.17, 15) is 4.79 Å². The summed E-state index contributed by atoms with van der Waals surface area (Å²) in [7, 11) is 1.96. The molecule has 2 aromatic rings. The molecule has 1 aliphatic heterocycles. The molecular formula is C22H32N4OS. The molecule has 1 amide bonds. The lowest BCUT2D eigenvalue weighted by molar-refractivity contribution is -0.130. The summed E-state index contributed by atoms with van der Waals surface area (Å²) < 4.78 is 1.98. The number of carbonyl (C=O) groups is 1. The summed E-state index contributed by atoms with van der Waals surface area (Å²) in [6.45, 7) is 12.8. The van der Waals surface area contributed by atoms with Crippen molar-refractivity contribution >= 4 is 17.7 Å². The van der Waals surface area contributed by atoms with Crippen molar-refractivity contribution in [2.75, 3.05) is 18.8 Å². The summed E-state index contributed by atoms with van der Waals surface area (Å²) in [5, 5.41) is 9.45. The van der Waals surface area contributed by atoms with E-state index in [-0.39, 0.29) is 11.3 Å². The summed E-state index contributed by atoms with van der Waals surface area (Å²) >= 11 is 1.47. The van der Waals surface area contributed by atoms with Gasteiger partial charge in [0.05, 0.1) is 5.75 Å². The van der Waals surface area contributed by atoms with Crippen LogP contribution >= 0.6 is 11.8 Å². The van der Waals surface area contributed by atoms with Crippen LogP contribution in [0.2, 0.25) is 0 Å². The highest BCUT2D eigenvalue weighted by Gasteiger charge is 2.25. The number of amides is 1. The number of aromatic nitrogens is 3. The number of hydrogen-bond acceptors (Lipinski definition) is 4. The molecule has 3 rings (SSSR count). The van der Waals surface area contributed by atoms with Crippen LogP contribution in [0.1, 0.15) is 46.6 Å². The molecule has 0 spiro atoms. The Morgan fingerprint density at radius 1 is 1.11 bits per heavy atom. The van der Waals surface area contributed by atoms with Crippen molar-refractivity contribution in [1.82, 2.24) is 19.7 Å². The van der Waals surface area contributed by atoms with Crippen molar-refractivity contribution in [2.24, 2.45) is 18.9 Å². The minimum atomic E-state index is 0.128. The van der Waals surface area contributed by atoms with Gasteiger partial charge in [0.25, 0.3) is 0 Å². The molecule has 2 atom stereocenters. The SMILES string of the molecule is C[C@H]1C[C@H](C)CN(C(=O)CSc2nnc(-c3ccc(C(C)(C)C)cc3)n2C)C1. The third-order valence-corrected chi connectivity index (χ3v) is 6.40. The van der Waals surface area contributed by atoms with Crippen LogP contribution < -0.4 is 0 Å². The lowest BCUT2D eigenvalue weighted by atomic mass is 9.87. The van der Waals surface area contributed by atoms with Crippen LogP contribution in [0.3, 0.4) is 0 Å². The average molecular weight is 401 g/mol. The van der Waals surface area contributed by atoms with Gasteiger partial charge >= 0.3 is 0 Å². The molecule has 5 nitrogen and oxygen atoms in total. The van der Waals surface area contributed by atoms with E-state index >= 15 is 0 Å². The number of nitrogens with zero attached hydrogens (tertiary/aromatic N) is 4. The van der Waals surface area contributed by atoms with E-state index in [1.807, 2.05) is 16.5 Å². The van der Waals surface area contributed by atoms with Gasteiger partial charge in [-0.25, -0.2) is 0 Å². The molecule has 2 heterocycles. The van der Waals surface area contributed by atoms with Crippen LogP contribution in [0.5, 0.6) is 0 Å². The second kappa shape index (κ2) is 8.27. The molecule has 1 saturated heterocycles. The van der Waals surface area contributed by atoms with E-state index in [1.165, 1.54) is 23.7 Å². The summed E-state index contributed by atoms with van der Waals surface area (Å²) in [6, 6.07) is 8.50. The molecule has 0 saturated carbocycles. The Bertz CT molecular complexity index is 812. The van der Waals surface area contributed by atoms with Crippen LogP contribution in [-0.4, -0.2) is 44.4 Å². The first-order chi connectivity index (χ1) is 13.1. The second-order valence-electron chi connectivity index (χ2n) is 9.23. The molecule has 28 heavy (non-hydrogen) atoms. The van der Waals surface area contributed by atoms with Gasteiger partial charge in [0.15, 0.2) is 11.0 Å². The summed E-state index contributed by atoms with van der Waals surface area (Å²) in [6.07, 6.45) is 1.21. The minimum Gasteiger partial charge on any atom is -0.341 e. The Morgan fingerprint density at radius 2 is 1.71 bits per heavy atom. The van der Waals surface area contributed by atoms with Crippen LogP contribution in [-0.2, 0) is 17.3 Å². The van der Waals surface area contributed by atoms with Gasteiger partial charge in [-0.1, -0.05) is 70.6 Å². The average Bonchev–Trinajstić information content (AvgIpc) is 2.99. The van der Waals surface area contributed by atoms with Crippen LogP contribution in [0.25, 0.3) is 11.4 Å². The standard InChI is InChI=1S/C22H32N4OS/c1-15-11-16(2)13-26(12-15)19(27)14-28-21-24-23-20(25(21)6)17-7-9-18(10-8-17)22(3,4)5/h7-10,15-16H,11-14H2,1-6H3/t15-,16-/m0/s1. The van der Waals surface area contributed by atoms with E-state index in [1.54, 1.807) is 0 Å². The van der Waals surface area contributed by atoms with Crippen molar-refractivity contribution < 1.29 is 4.79 Å². The van der Waals surface area contributed by atoms with Gasteiger partial charge in [-0.05, 0) is 29.2 Å². The lowest BCUT2D eigenvalue weighted by Crippen LogP contribution is -2.43. The lowest BCUT2D eigenvalue weighted by Gasteiger charge is -2.34. The maximum absolute atomic E-state index is 12.6. The number of hydrogen-bond donors (Lipinski definition) is 0.